The zero-order valence-corrected chi connectivity index (χ0v) is 18.5. The molecule has 0 unspecified atom stereocenters. The van der Waals surface area contributed by atoms with Gasteiger partial charge in [0.1, 0.15) is 17.5 Å². The van der Waals surface area contributed by atoms with E-state index < -0.39 is 5.91 Å². The van der Waals surface area contributed by atoms with Crippen LogP contribution in [-0.4, -0.2) is 5.91 Å². The molecule has 0 spiro atoms. The summed E-state index contributed by atoms with van der Waals surface area (Å²) in [5.74, 6) is -0.758. The highest BCUT2D eigenvalue weighted by Gasteiger charge is 2.14. The van der Waals surface area contributed by atoms with E-state index in [2.05, 4.69) is 11.4 Å². The van der Waals surface area contributed by atoms with Crippen LogP contribution in [-0.2, 0) is 11.2 Å². The summed E-state index contributed by atoms with van der Waals surface area (Å²) < 4.78 is 13.8. The third kappa shape index (κ3) is 4.83. The number of rotatable bonds is 5. The molecule has 0 aliphatic rings. The number of hydrogen-bond donors (Lipinski definition) is 1. The molecule has 4 aromatic rings. The average Bonchev–Trinajstić information content (AvgIpc) is 2.81. The van der Waals surface area contributed by atoms with E-state index in [1.54, 1.807) is 12.1 Å². The topological polar surface area (TPSA) is 52.9 Å². The zero-order valence-electron chi connectivity index (χ0n) is 18.5. The quantitative estimate of drug-likeness (QED) is 0.280. The van der Waals surface area contributed by atoms with Crippen molar-refractivity contribution in [3.63, 3.8) is 0 Å². The Morgan fingerprint density at radius 1 is 1.00 bits per heavy atom. The molecule has 1 amide bonds. The van der Waals surface area contributed by atoms with Crippen LogP contribution in [0.2, 0.25) is 0 Å². The van der Waals surface area contributed by atoms with Crippen molar-refractivity contribution in [3.8, 4) is 6.07 Å². The van der Waals surface area contributed by atoms with Crippen molar-refractivity contribution >= 4 is 28.4 Å². The fourth-order valence-corrected chi connectivity index (χ4v) is 3.90. The van der Waals surface area contributed by atoms with E-state index in [-0.39, 0.29) is 11.4 Å². The predicted octanol–water partition coefficient (Wildman–Crippen LogP) is 6.73. The maximum atomic E-state index is 13.8. The van der Waals surface area contributed by atoms with Crippen molar-refractivity contribution in [1.29, 1.82) is 5.26 Å². The van der Waals surface area contributed by atoms with Crippen LogP contribution >= 0.6 is 0 Å². The molecule has 4 heteroatoms. The lowest BCUT2D eigenvalue weighted by molar-refractivity contribution is -0.112. The first-order chi connectivity index (χ1) is 16.0. The van der Waals surface area contributed by atoms with Gasteiger partial charge in [-0.3, -0.25) is 4.79 Å². The van der Waals surface area contributed by atoms with Crippen LogP contribution in [0.4, 0.5) is 10.1 Å². The summed E-state index contributed by atoms with van der Waals surface area (Å²) in [6.45, 7) is 3.91. The summed E-state index contributed by atoms with van der Waals surface area (Å²) in [6.07, 6.45) is 2.11. The number of carbonyl (C=O) groups is 1. The summed E-state index contributed by atoms with van der Waals surface area (Å²) in [7, 11) is 0. The highest BCUT2D eigenvalue weighted by atomic mass is 19.1. The van der Waals surface area contributed by atoms with Gasteiger partial charge in [0, 0.05) is 5.69 Å². The Kier molecular flexibility index (Phi) is 6.33. The molecule has 33 heavy (non-hydrogen) atoms. The minimum atomic E-state index is -0.462. The molecular weight excluding hydrogens is 411 g/mol. The second-order valence-corrected chi connectivity index (χ2v) is 8.04. The van der Waals surface area contributed by atoms with Gasteiger partial charge in [0.2, 0.25) is 0 Å². The summed E-state index contributed by atoms with van der Waals surface area (Å²) in [4.78, 5) is 13.0. The second-order valence-electron chi connectivity index (χ2n) is 8.04. The van der Waals surface area contributed by atoms with Crippen molar-refractivity contribution in [2.45, 2.75) is 20.3 Å². The number of halogens is 1. The maximum absolute atomic E-state index is 13.8. The number of benzene rings is 4. The molecule has 0 atom stereocenters. The molecular formula is C29H23FN2O. The van der Waals surface area contributed by atoms with Crippen molar-refractivity contribution in [3.05, 3.63) is 118 Å². The van der Waals surface area contributed by atoms with Crippen molar-refractivity contribution < 1.29 is 9.18 Å². The van der Waals surface area contributed by atoms with Gasteiger partial charge >= 0.3 is 0 Å². The van der Waals surface area contributed by atoms with Crippen molar-refractivity contribution in [2.75, 3.05) is 5.32 Å². The Balaban J connectivity index is 1.78. The first kappa shape index (κ1) is 22.0. The summed E-state index contributed by atoms with van der Waals surface area (Å²) >= 11 is 0. The summed E-state index contributed by atoms with van der Waals surface area (Å²) in [5.41, 5.74) is 5.21. The molecule has 4 aromatic carbocycles. The monoisotopic (exact) mass is 434 g/mol. The van der Waals surface area contributed by atoms with Crippen molar-refractivity contribution in [1.82, 2.24) is 0 Å². The Morgan fingerprint density at radius 2 is 1.79 bits per heavy atom. The van der Waals surface area contributed by atoms with Crippen LogP contribution in [0.25, 0.3) is 16.8 Å². The molecule has 162 valence electrons. The number of nitriles is 1. The first-order valence-electron chi connectivity index (χ1n) is 10.7. The molecule has 0 saturated heterocycles. The first-order valence-corrected chi connectivity index (χ1v) is 10.7. The van der Waals surface area contributed by atoms with E-state index in [9.17, 15) is 14.4 Å². The zero-order chi connectivity index (χ0) is 23.4. The Bertz CT molecular complexity index is 1430. The molecule has 0 aliphatic heterocycles. The van der Waals surface area contributed by atoms with Gasteiger partial charge in [-0.05, 0) is 83.1 Å². The van der Waals surface area contributed by atoms with Crippen LogP contribution < -0.4 is 5.32 Å². The van der Waals surface area contributed by atoms with E-state index in [4.69, 9.17) is 0 Å². The van der Waals surface area contributed by atoms with Gasteiger partial charge in [0.05, 0.1) is 0 Å². The number of nitrogens with one attached hydrogen (secondary N) is 1. The van der Waals surface area contributed by atoms with Crippen LogP contribution in [0.3, 0.4) is 0 Å². The third-order valence-corrected chi connectivity index (χ3v) is 5.85. The lowest BCUT2D eigenvalue weighted by atomic mass is 9.93. The van der Waals surface area contributed by atoms with Crippen LogP contribution in [0.1, 0.15) is 27.8 Å². The van der Waals surface area contributed by atoms with E-state index in [1.165, 1.54) is 12.1 Å². The summed E-state index contributed by atoms with van der Waals surface area (Å²) in [6, 6.07) is 26.0. The molecule has 0 radical (unpaired) electrons. The smallest absolute Gasteiger partial charge is 0.266 e. The number of amides is 1. The van der Waals surface area contributed by atoms with E-state index in [0.29, 0.717) is 12.1 Å². The van der Waals surface area contributed by atoms with Gasteiger partial charge in [0.25, 0.3) is 5.91 Å². The fourth-order valence-electron chi connectivity index (χ4n) is 3.90. The lowest BCUT2D eigenvalue weighted by Gasteiger charge is -2.13. The van der Waals surface area contributed by atoms with E-state index in [1.807, 2.05) is 74.5 Å². The van der Waals surface area contributed by atoms with Gasteiger partial charge in [0.15, 0.2) is 0 Å². The predicted molar refractivity (Wildman–Crippen MR) is 131 cm³/mol. The number of hydrogen-bond acceptors (Lipinski definition) is 2. The maximum Gasteiger partial charge on any atom is 0.266 e. The van der Waals surface area contributed by atoms with Gasteiger partial charge in [-0.25, -0.2) is 4.39 Å². The molecule has 0 heterocycles. The van der Waals surface area contributed by atoms with E-state index in [0.717, 1.165) is 38.6 Å². The Hall–Kier alpha value is -4.23. The molecule has 0 bridgehead atoms. The summed E-state index contributed by atoms with van der Waals surface area (Å²) in [5, 5.41) is 14.6. The molecule has 0 fully saturated rings. The minimum Gasteiger partial charge on any atom is -0.321 e. The van der Waals surface area contributed by atoms with Crippen LogP contribution in [0, 0.1) is 31.0 Å². The third-order valence-electron chi connectivity index (χ3n) is 5.85. The number of aryl methyl sites for hydroxylation is 1. The van der Waals surface area contributed by atoms with Crippen LogP contribution in [0.5, 0.6) is 0 Å². The Morgan fingerprint density at radius 3 is 2.58 bits per heavy atom. The highest BCUT2D eigenvalue weighted by molar-refractivity contribution is 6.11. The van der Waals surface area contributed by atoms with Gasteiger partial charge in [-0.15, -0.1) is 0 Å². The van der Waals surface area contributed by atoms with Gasteiger partial charge < -0.3 is 5.32 Å². The number of nitrogens with zero attached hydrogens (tertiary/aromatic N) is 1. The second kappa shape index (κ2) is 9.50. The van der Waals surface area contributed by atoms with Crippen LogP contribution in [0.15, 0.2) is 84.4 Å². The normalized spacial score (nSPS) is 11.3. The number of fused-ring (bicyclic) bond motifs is 1. The average molecular weight is 435 g/mol. The molecule has 0 aliphatic carbocycles. The largest absolute Gasteiger partial charge is 0.321 e. The number of anilines is 1. The molecule has 0 aromatic heterocycles. The minimum absolute atomic E-state index is 0.00718. The number of carbonyl (C=O) groups excluding carboxylic acids is 1. The van der Waals surface area contributed by atoms with Gasteiger partial charge in [-0.2, -0.15) is 5.26 Å². The Labute approximate surface area is 192 Å². The standard InChI is InChI=1S/C29H23FN2O/c1-19-7-5-12-28(20(19)2)32-29(33)24(18-31)17-27-23(15-21-8-6-10-25(30)16-21)14-13-22-9-3-4-11-26(22)27/h3-14,16-17H,15H2,1-2H3,(H,32,33)/b24-17+. The molecule has 3 nitrogen and oxygen atoms in total. The molecule has 4 rings (SSSR count). The molecule has 0 saturated carbocycles. The molecule has 1 N–H and O–H groups in total. The SMILES string of the molecule is Cc1cccc(NC(=O)/C(C#N)=C/c2c(Cc3cccc(F)c3)ccc3ccccc23)c1C. The van der Waals surface area contributed by atoms with Crippen molar-refractivity contribution in [2.24, 2.45) is 0 Å². The fraction of sp³-hybridized carbons (Fsp3) is 0.103. The lowest BCUT2D eigenvalue weighted by Crippen LogP contribution is -2.14. The van der Waals surface area contributed by atoms with Gasteiger partial charge in [-0.1, -0.05) is 60.7 Å². The van der Waals surface area contributed by atoms with E-state index >= 15 is 0 Å². The highest BCUT2D eigenvalue weighted by Crippen LogP contribution is 2.28.